The Morgan fingerprint density at radius 3 is 2.40 bits per heavy atom. The van der Waals surface area contributed by atoms with Crippen molar-refractivity contribution in [3.63, 3.8) is 0 Å². The molecule has 2 aliphatic rings. The third kappa shape index (κ3) is 3.98. The van der Waals surface area contributed by atoms with Crippen LogP contribution in [0.2, 0.25) is 0 Å². The van der Waals surface area contributed by atoms with E-state index in [1.165, 1.54) is 48.2 Å². The van der Waals surface area contributed by atoms with Gasteiger partial charge in [-0.3, -0.25) is 0 Å². The van der Waals surface area contributed by atoms with E-state index < -0.39 is 0 Å². The first kappa shape index (κ1) is 16.5. The molecule has 2 aromatic rings. The number of rotatable bonds is 4. The van der Waals surface area contributed by atoms with Crippen molar-refractivity contribution in [2.24, 2.45) is 11.7 Å². The first-order valence-corrected chi connectivity index (χ1v) is 9.69. The molecular weight excluding hydrogens is 306 g/mol. The van der Waals surface area contributed by atoms with Gasteiger partial charge in [-0.05, 0) is 73.4 Å². The van der Waals surface area contributed by atoms with Crippen molar-refractivity contribution >= 4 is 11.4 Å². The van der Waals surface area contributed by atoms with Gasteiger partial charge in [0, 0.05) is 37.1 Å². The molecule has 1 fully saturated rings. The van der Waals surface area contributed by atoms with E-state index in [-0.39, 0.29) is 0 Å². The summed E-state index contributed by atoms with van der Waals surface area (Å²) in [5, 5.41) is 3.62. The molecular formula is C22H29N3. The minimum atomic E-state index is 0.435. The second-order valence-electron chi connectivity index (χ2n) is 7.65. The summed E-state index contributed by atoms with van der Waals surface area (Å²) in [4.78, 5) is 2.48. The molecule has 0 amide bonds. The normalized spacial score (nSPS) is 23.2. The van der Waals surface area contributed by atoms with Crippen molar-refractivity contribution in [1.29, 1.82) is 0 Å². The number of hydrogen-bond donors (Lipinski definition) is 2. The molecule has 4 rings (SSSR count). The summed E-state index contributed by atoms with van der Waals surface area (Å²) in [6.45, 7) is 3.19. The van der Waals surface area contributed by atoms with Crippen LogP contribution in [0.4, 0.5) is 11.4 Å². The van der Waals surface area contributed by atoms with Crippen LogP contribution in [0.5, 0.6) is 0 Å². The average Bonchev–Trinajstić information content (AvgIpc) is 2.68. The Balaban J connectivity index is 1.33. The van der Waals surface area contributed by atoms with Gasteiger partial charge >= 0.3 is 0 Å². The molecule has 0 bridgehead atoms. The van der Waals surface area contributed by atoms with Crippen LogP contribution in [0.1, 0.15) is 36.8 Å². The van der Waals surface area contributed by atoms with Crippen molar-refractivity contribution in [3.05, 3.63) is 59.7 Å². The van der Waals surface area contributed by atoms with Gasteiger partial charge in [-0.15, -0.1) is 0 Å². The molecule has 132 valence electrons. The van der Waals surface area contributed by atoms with Crippen LogP contribution >= 0.6 is 0 Å². The highest BCUT2D eigenvalue weighted by Crippen LogP contribution is 2.27. The summed E-state index contributed by atoms with van der Waals surface area (Å²) in [5.41, 5.74) is 11.5. The maximum absolute atomic E-state index is 6.00. The van der Waals surface area contributed by atoms with Gasteiger partial charge in [0.1, 0.15) is 0 Å². The number of benzene rings is 2. The monoisotopic (exact) mass is 335 g/mol. The van der Waals surface area contributed by atoms with Gasteiger partial charge in [0.05, 0.1) is 0 Å². The molecule has 25 heavy (non-hydrogen) atoms. The molecule has 2 aromatic carbocycles. The standard InChI is InChI=1S/C22H29N3/c23-20-7-5-17(6-8-20)15-24-21-9-11-22(12-10-21)25-14-13-18-3-1-2-4-19(18)16-25/h1-4,9-12,17,20,24H,5-8,13-16,23H2. The lowest BCUT2D eigenvalue weighted by atomic mass is 9.86. The molecule has 1 aliphatic heterocycles. The lowest BCUT2D eigenvalue weighted by Crippen LogP contribution is -2.30. The summed E-state index contributed by atoms with van der Waals surface area (Å²) in [5.74, 6) is 0.776. The summed E-state index contributed by atoms with van der Waals surface area (Å²) >= 11 is 0. The number of nitrogens with one attached hydrogen (secondary N) is 1. The number of anilines is 2. The molecule has 0 spiro atoms. The van der Waals surface area contributed by atoms with Gasteiger partial charge in [-0.25, -0.2) is 0 Å². The molecule has 0 atom stereocenters. The Labute approximate surface area is 151 Å². The van der Waals surface area contributed by atoms with E-state index in [1.807, 2.05) is 0 Å². The highest BCUT2D eigenvalue weighted by molar-refractivity contribution is 5.56. The topological polar surface area (TPSA) is 41.3 Å². The first-order chi connectivity index (χ1) is 12.3. The quantitative estimate of drug-likeness (QED) is 0.881. The molecule has 0 unspecified atom stereocenters. The molecule has 0 radical (unpaired) electrons. The van der Waals surface area contributed by atoms with Crippen LogP contribution in [0.15, 0.2) is 48.5 Å². The zero-order valence-corrected chi connectivity index (χ0v) is 15.0. The van der Waals surface area contributed by atoms with Crippen LogP contribution in [-0.2, 0) is 13.0 Å². The summed E-state index contributed by atoms with van der Waals surface area (Å²) < 4.78 is 0. The van der Waals surface area contributed by atoms with Gasteiger partial charge in [0.15, 0.2) is 0 Å². The van der Waals surface area contributed by atoms with Gasteiger partial charge < -0.3 is 16.0 Å². The predicted molar refractivity (Wildman–Crippen MR) is 106 cm³/mol. The third-order valence-corrected chi connectivity index (χ3v) is 5.85. The lowest BCUT2D eigenvalue weighted by Gasteiger charge is -2.31. The van der Waals surface area contributed by atoms with E-state index in [4.69, 9.17) is 5.73 Å². The Bertz CT molecular complexity index is 687. The predicted octanol–water partition coefficient (Wildman–Crippen LogP) is 4.18. The summed E-state index contributed by atoms with van der Waals surface area (Å²) in [6.07, 6.45) is 6.03. The van der Waals surface area contributed by atoms with Crippen LogP contribution in [0.3, 0.4) is 0 Å². The Hall–Kier alpha value is -2.00. The summed E-state index contributed by atoms with van der Waals surface area (Å²) in [7, 11) is 0. The number of nitrogens with two attached hydrogens (primary N) is 1. The number of fused-ring (bicyclic) bond motifs is 1. The van der Waals surface area contributed by atoms with Crippen LogP contribution in [0, 0.1) is 5.92 Å². The smallest absolute Gasteiger partial charge is 0.0432 e. The minimum absolute atomic E-state index is 0.435. The Morgan fingerprint density at radius 2 is 1.64 bits per heavy atom. The first-order valence-electron chi connectivity index (χ1n) is 9.69. The van der Waals surface area contributed by atoms with Crippen molar-refractivity contribution in [2.45, 2.75) is 44.7 Å². The van der Waals surface area contributed by atoms with E-state index >= 15 is 0 Å². The zero-order chi connectivity index (χ0) is 17.1. The van der Waals surface area contributed by atoms with Crippen molar-refractivity contribution in [1.82, 2.24) is 0 Å². The van der Waals surface area contributed by atoms with Gasteiger partial charge in [0.25, 0.3) is 0 Å². The molecule has 3 N–H and O–H groups in total. The van der Waals surface area contributed by atoms with Crippen molar-refractivity contribution < 1.29 is 0 Å². The average molecular weight is 335 g/mol. The maximum Gasteiger partial charge on any atom is 0.0432 e. The maximum atomic E-state index is 6.00. The zero-order valence-electron chi connectivity index (χ0n) is 15.0. The molecule has 1 heterocycles. The molecule has 1 saturated carbocycles. The van der Waals surface area contributed by atoms with E-state index in [0.29, 0.717) is 6.04 Å². The van der Waals surface area contributed by atoms with Crippen molar-refractivity contribution in [2.75, 3.05) is 23.3 Å². The highest BCUT2D eigenvalue weighted by atomic mass is 15.1. The van der Waals surface area contributed by atoms with Gasteiger partial charge in [0.2, 0.25) is 0 Å². The second kappa shape index (κ2) is 7.49. The fourth-order valence-electron chi connectivity index (χ4n) is 4.16. The molecule has 0 saturated heterocycles. The summed E-state index contributed by atoms with van der Waals surface area (Å²) in [6, 6.07) is 18.2. The number of hydrogen-bond acceptors (Lipinski definition) is 3. The van der Waals surface area contributed by atoms with E-state index in [1.54, 1.807) is 0 Å². The Kier molecular flexibility index (Phi) is 4.93. The molecule has 0 aromatic heterocycles. The Morgan fingerprint density at radius 1 is 0.920 bits per heavy atom. The van der Waals surface area contributed by atoms with E-state index in [2.05, 4.69) is 58.7 Å². The van der Waals surface area contributed by atoms with Crippen LogP contribution < -0.4 is 16.0 Å². The fourth-order valence-corrected chi connectivity index (χ4v) is 4.16. The van der Waals surface area contributed by atoms with Gasteiger partial charge in [-0.2, -0.15) is 0 Å². The SMILES string of the molecule is NC1CCC(CNc2ccc(N3CCc4ccccc4C3)cc2)CC1. The second-order valence-corrected chi connectivity index (χ2v) is 7.65. The van der Waals surface area contributed by atoms with E-state index in [0.717, 1.165) is 32.0 Å². The molecule has 3 heteroatoms. The van der Waals surface area contributed by atoms with Crippen molar-refractivity contribution in [3.8, 4) is 0 Å². The lowest BCUT2D eigenvalue weighted by molar-refractivity contribution is 0.339. The third-order valence-electron chi connectivity index (χ3n) is 5.85. The molecule has 3 nitrogen and oxygen atoms in total. The van der Waals surface area contributed by atoms with Crippen LogP contribution in [0.25, 0.3) is 0 Å². The number of nitrogens with zero attached hydrogens (tertiary/aromatic N) is 1. The van der Waals surface area contributed by atoms with Gasteiger partial charge in [-0.1, -0.05) is 24.3 Å². The largest absolute Gasteiger partial charge is 0.385 e. The van der Waals surface area contributed by atoms with Crippen LogP contribution in [-0.4, -0.2) is 19.1 Å². The fraction of sp³-hybridized carbons (Fsp3) is 0.455. The minimum Gasteiger partial charge on any atom is -0.385 e. The highest BCUT2D eigenvalue weighted by Gasteiger charge is 2.18. The van der Waals surface area contributed by atoms with E-state index in [9.17, 15) is 0 Å². The molecule has 1 aliphatic carbocycles.